The molecular weight excluding hydrogens is 465 g/mol. The molecule has 190 valence electrons. The Labute approximate surface area is 208 Å². The lowest BCUT2D eigenvalue weighted by molar-refractivity contribution is -0.231. The van der Waals surface area contributed by atoms with Crippen LogP contribution in [0.2, 0.25) is 0 Å². The molecule has 2 aliphatic heterocycles. The van der Waals surface area contributed by atoms with E-state index < -0.39 is 11.7 Å². The maximum Gasteiger partial charge on any atom is 0.230 e. The van der Waals surface area contributed by atoms with E-state index in [9.17, 15) is 9.18 Å². The number of hydrogen-bond acceptors (Lipinski definition) is 8. The van der Waals surface area contributed by atoms with Crippen molar-refractivity contribution in [3.63, 3.8) is 0 Å². The Morgan fingerprint density at radius 3 is 2.61 bits per heavy atom. The van der Waals surface area contributed by atoms with Crippen LogP contribution >= 0.6 is 0 Å². The molecule has 3 aromatic rings. The molecule has 2 saturated heterocycles. The number of aromatic nitrogens is 4. The van der Waals surface area contributed by atoms with Crippen molar-refractivity contribution in [2.24, 2.45) is 11.1 Å². The van der Waals surface area contributed by atoms with Crippen molar-refractivity contribution >= 4 is 11.9 Å². The van der Waals surface area contributed by atoms with Crippen molar-refractivity contribution in [3.05, 3.63) is 48.2 Å². The molecule has 4 heterocycles. The largest absolute Gasteiger partial charge is 0.354 e. The molecule has 0 aliphatic carbocycles. The minimum absolute atomic E-state index is 0.155. The highest BCUT2D eigenvalue weighted by molar-refractivity contribution is 5.82. The lowest BCUT2D eigenvalue weighted by atomic mass is 9.91. The number of amides is 1. The van der Waals surface area contributed by atoms with Gasteiger partial charge in [0.2, 0.25) is 18.1 Å². The normalized spacial score (nSPS) is 22.1. The molecule has 0 saturated carbocycles. The van der Waals surface area contributed by atoms with Crippen molar-refractivity contribution in [2.45, 2.75) is 26.1 Å². The summed E-state index contributed by atoms with van der Waals surface area (Å²) >= 11 is 0. The van der Waals surface area contributed by atoms with Crippen LogP contribution in [0, 0.1) is 11.2 Å². The second-order valence-electron chi connectivity index (χ2n) is 9.35. The Morgan fingerprint density at radius 2 is 1.92 bits per heavy atom. The van der Waals surface area contributed by atoms with Crippen LogP contribution in [-0.2, 0) is 14.3 Å². The molecule has 2 aromatic heterocycles. The number of rotatable bonds is 7. The van der Waals surface area contributed by atoms with Crippen LogP contribution in [0.5, 0.6) is 0 Å². The maximum atomic E-state index is 13.6. The molecule has 0 spiro atoms. The number of nitrogens with one attached hydrogen (secondary N) is 2. The van der Waals surface area contributed by atoms with Crippen molar-refractivity contribution in [3.8, 4) is 22.6 Å². The van der Waals surface area contributed by atoms with Crippen LogP contribution in [-0.4, -0.2) is 65.2 Å². The van der Waals surface area contributed by atoms with Crippen LogP contribution in [0.3, 0.4) is 0 Å². The minimum Gasteiger partial charge on any atom is -0.354 e. The van der Waals surface area contributed by atoms with Gasteiger partial charge in [-0.3, -0.25) is 4.79 Å². The van der Waals surface area contributed by atoms with Gasteiger partial charge in [0.25, 0.3) is 0 Å². The van der Waals surface area contributed by atoms with Gasteiger partial charge in [0, 0.05) is 37.9 Å². The fraction of sp³-hybridized carbons (Fsp3) is 0.440. The van der Waals surface area contributed by atoms with Crippen LogP contribution in [0.1, 0.15) is 31.9 Å². The summed E-state index contributed by atoms with van der Waals surface area (Å²) in [7, 11) is 0. The van der Waals surface area contributed by atoms with Crippen LogP contribution < -0.4 is 16.0 Å². The molecule has 0 bridgehead atoms. The number of H-pyrrole nitrogens is 1. The lowest BCUT2D eigenvalue weighted by Gasteiger charge is -2.35. The van der Waals surface area contributed by atoms with Gasteiger partial charge in [0.15, 0.2) is 5.82 Å². The number of aromatic amines is 1. The summed E-state index contributed by atoms with van der Waals surface area (Å²) in [5.74, 6) is 0.597. The molecule has 0 atom stereocenters. The zero-order valence-corrected chi connectivity index (χ0v) is 20.2. The predicted molar refractivity (Wildman–Crippen MR) is 131 cm³/mol. The maximum absolute atomic E-state index is 13.6. The Kier molecular flexibility index (Phi) is 6.95. The van der Waals surface area contributed by atoms with Crippen molar-refractivity contribution in [1.29, 1.82) is 0 Å². The quantitative estimate of drug-likeness (QED) is 0.455. The number of hydrogen-bond donors (Lipinski definition) is 3. The van der Waals surface area contributed by atoms with E-state index in [-0.39, 0.29) is 24.9 Å². The predicted octanol–water partition coefficient (Wildman–Crippen LogP) is 2.40. The topological polar surface area (TPSA) is 131 Å². The highest BCUT2D eigenvalue weighted by Crippen LogP contribution is 2.35. The summed E-state index contributed by atoms with van der Waals surface area (Å²) in [6, 6.07) is 7.93. The molecule has 4 N–H and O–H groups in total. The Balaban J connectivity index is 1.44. The molecule has 5 rings (SSSR count). The summed E-state index contributed by atoms with van der Waals surface area (Å²) < 4.78 is 25.5. The molecule has 1 aromatic carbocycles. The minimum atomic E-state index is -0.835. The average Bonchev–Trinajstić information content (AvgIpc) is 3.59. The van der Waals surface area contributed by atoms with E-state index in [1.165, 1.54) is 12.1 Å². The Bertz CT molecular complexity index is 1200. The zero-order chi connectivity index (χ0) is 25.1. The third-order valence-corrected chi connectivity index (χ3v) is 6.44. The number of ether oxygens (including phenoxy) is 2. The Hall–Kier alpha value is -3.41. The second kappa shape index (κ2) is 10.3. The SMILES string of the molecule is CC1(C(=O)NCCN)COC(c2nc(-c3ccc(F)cc3)c(-c3ccnc(N4CCCC4)n3)[nH]2)OC1. The second-order valence-corrected chi connectivity index (χ2v) is 9.35. The van der Waals surface area contributed by atoms with Gasteiger partial charge < -0.3 is 30.4 Å². The van der Waals surface area contributed by atoms with E-state index in [1.807, 2.05) is 6.07 Å². The number of nitrogens with zero attached hydrogens (tertiary/aromatic N) is 4. The molecular formula is C25H30FN7O3. The molecule has 0 unspecified atom stereocenters. The van der Waals surface area contributed by atoms with E-state index in [2.05, 4.69) is 20.2 Å². The highest BCUT2D eigenvalue weighted by atomic mass is 19.1. The van der Waals surface area contributed by atoms with Crippen molar-refractivity contribution in [2.75, 3.05) is 44.3 Å². The fourth-order valence-corrected chi connectivity index (χ4v) is 4.36. The van der Waals surface area contributed by atoms with E-state index in [4.69, 9.17) is 25.2 Å². The standard InChI is InChI=1S/C25H30FN7O3/c1-25(23(34)28-11-9-27)14-35-22(36-15-25)21-31-19(16-4-6-17(26)7-5-16)20(32-21)18-8-10-29-24(30-18)33-12-2-3-13-33/h4-8,10,22H,2-3,9,11-15,27H2,1H3,(H,28,34)(H,31,32). The molecule has 36 heavy (non-hydrogen) atoms. The summed E-state index contributed by atoms with van der Waals surface area (Å²) in [5, 5.41) is 2.79. The third kappa shape index (κ3) is 4.95. The summed E-state index contributed by atoms with van der Waals surface area (Å²) in [6.45, 7) is 4.68. The van der Waals surface area contributed by atoms with Gasteiger partial charge in [-0.2, -0.15) is 0 Å². The summed E-state index contributed by atoms with van der Waals surface area (Å²) in [6.07, 6.45) is 3.15. The van der Waals surface area contributed by atoms with Gasteiger partial charge >= 0.3 is 0 Å². The van der Waals surface area contributed by atoms with Gasteiger partial charge in [0.05, 0.1) is 35.7 Å². The van der Waals surface area contributed by atoms with Gasteiger partial charge in [0.1, 0.15) is 5.82 Å². The average molecular weight is 496 g/mol. The van der Waals surface area contributed by atoms with Crippen LogP contribution in [0.15, 0.2) is 36.5 Å². The number of imidazole rings is 1. The van der Waals surface area contributed by atoms with E-state index >= 15 is 0 Å². The lowest BCUT2D eigenvalue weighted by Crippen LogP contribution is -2.49. The molecule has 0 radical (unpaired) electrons. The molecule has 10 nitrogen and oxygen atoms in total. The van der Waals surface area contributed by atoms with E-state index in [1.54, 1.807) is 25.3 Å². The number of benzene rings is 1. The van der Waals surface area contributed by atoms with Crippen molar-refractivity contribution < 1.29 is 18.7 Å². The van der Waals surface area contributed by atoms with E-state index in [0.717, 1.165) is 31.5 Å². The fourth-order valence-electron chi connectivity index (χ4n) is 4.36. The Morgan fingerprint density at radius 1 is 1.19 bits per heavy atom. The van der Waals surface area contributed by atoms with Crippen molar-refractivity contribution in [1.82, 2.24) is 25.3 Å². The first kappa shape index (κ1) is 24.3. The van der Waals surface area contributed by atoms with Gasteiger partial charge in [-0.25, -0.2) is 19.3 Å². The molecule has 2 aliphatic rings. The van der Waals surface area contributed by atoms with Gasteiger partial charge in [-0.1, -0.05) is 0 Å². The van der Waals surface area contributed by atoms with E-state index in [0.29, 0.717) is 41.9 Å². The number of halogens is 1. The van der Waals surface area contributed by atoms with Crippen LogP contribution in [0.25, 0.3) is 22.6 Å². The third-order valence-electron chi connectivity index (χ3n) is 6.44. The smallest absolute Gasteiger partial charge is 0.230 e. The molecule has 11 heteroatoms. The first-order valence-corrected chi connectivity index (χ1v) is 12.1. The first-order valence-electron chi connectivity index (χ1n) is 12.1. The zero-order valence-electron chi connectivity index (χ0n) is 20.2. The monoisotopic (exact) mass is 495 g/mol. The van der Waals surface area contributed by atoms with Crippen LogP contribution in [0.4, 0.5) is 10.3 Å². The number of nitrogens with two attached hydrogens (primary N) is 1. The molecule has 2 fully saturated rings. The molecule has 1 amide bonds. The first-order chi connectivity index (χ1) is 17.5. The number of carbonyl (C=O) groups is 1. The van der Waals surface area contributed by atoms with Gasteiger partial charge in [-0.05, 0) is 50.1 Å². The highest BCUT2D eigenvalue weighted by Gasteiger charge is 2.40. The number of anilines is 1. The number of carbonyl (C=O) groups excluding carboxylic acids is 1. The summed E-state index contributed by atoms with van der Waals surface area (Å²) in [4.78, 5) is 32.0. The summed E-state index contributed by atoms with van der Waals surface area (Å²) in [5.41, 5.74) is 7.28. The van der Waals surface area contributed by atoms with Gasteiger partial charge in [-0.15, -0.1) is 0 Å².